The molecule has 0 saturated heterocycles. The van der Waals surface area contributed by atoms with Crippen molar-refractivity contribution < 1.29 is 28.8 Å². The monoisotopic (exact) mass is 644 g/mol. The standard InChI is InChI=1S/C37H40N2O6.ClH/c1-38-13-11-24-19-32(41-3)33-21-27(24)28(38)16-22-7-6-8-26(15-22)44-31-18-23(9-10-30(31)40)17-29-35-25(12-14-39(29)2)20-34(42-4)36(43-5)37(35)45-33;/h6-10,15,18-21,28-29,40H,11-14,16-17H2,1-5H3;1H. The molecule has 0 aliphatic carbocycles. The van der Waals surface area contributed by atoms with Gasteiger partial charge in [-0.05, 0) is 110 Å². The van der Waals surface area contributed by atoms with Crippen LogP contribution in [0.25, 0.3) is 0 Å². The van der Waals surface area contributed by atoms with Gasteiger partial charge in [-0.2, -0.15) is 0 Å². The number of ether oxygens (including phenoxy) is 5. The number of benzene rings is 4. The molecule has 1 N–H and O–H groups in total. The van der Waals surface area contributed by atoms with Crippen LogP contribution in [-0.2, 0) is 25.7 Å². The number of hydrogen-bond donors (Lipinski definition) is 1. The lowest BCUT2D eigenvalue weighted by Crippen LogP contribution is -2.34. The van der Waals surface area contributed by atoms with Crippen molar-refractivity contribution in [1.82, 2.24) is 9.80 Å². The van der Waals surface area contributed by atoms with Crippen LogP contribution in [0.3, 0.4) is 0 Å². The molecule has 7 rings (SSSR count). The molecule has 46 heavy (non-hydrogen) atoms. The van der Waals surface area contributed by atoms with E-state index in [0.29, 0.717) is 46.7 Å². The van der Waals surface area contributed by atoms with E-state index in [-0.39, 0.29) is 30.2 Å². The van der Waals surface area contributed by atoms with Crippen molar-refractivity contribution in [2.24, 2.45) is 0 Å². The summed E-state index contributed by atoms with van der Waals surface area (Å²) in [4.78, 5) is 4.75. The van der Waals surface area contributed by atoms with Crippen LogP contribution < -0.4 is 23.7 Å². The Labute approximate surface area is 276 Å². The Morgan fingerprint density at radius 1 is 0.717 bits per heavy atom. The Hall–Kier alpha value is -4.11. The molecule has 0 fully saturated rings. The lowest BCUT2D eigenvalue weighted by atomic mass is 9.87. The molecule has 0 saturated carbocycles. The van der Waals surface area contributed by atoms with E-state index in [4.69, 9.17) is 23.7 Å². The number of likely N-dealkylation sites (N-methyl/N-ethyl adjacent to an activating group) is 2. The first-order valence-corrected chi connectivity index (χ1v) is 15.5. The maximum Gasteiger partial charge on any atom is 0.204 e. The third-order valence-electron chi connectivity index (χ3n) is 9.62. The minimum Gasteiger partial charge on any atom is -0.504 e. The molecule has 4 aromatic carbocycles. The van der Waals surface area contributed by atoms with Gasteiger partial charge in [-0.15, -0.1) is 12.4 Å². The molecular weight excluding hydrogens is 604 g/mol. The van der Waals surface area contributed by atoms with E-state index in [1.807, 2.05) is 24.3 Å². The van der Waals surface area contributed by atoms with Crippen LogP contribution in [0.2, 0.25) is 0 Å². The number of fused-ring (bicyclic) bond motifs is 5. The number of phenols is 1. The van der Waals surface area contributed by atoms with Gasteiger partial charge in [-0.25, -0.2) is 0 Å². The molecule has 2 unspecified atom stereocenters. The summed E-state index contributed by atoms with van der Waals surface area (Å²) in [5, 5.41) is 10.8. The Balaban J connectivity index is 0.00000372. The highest BCUT2D eigenvalue weighted by molar-refractivity contribution is 5.85. The highest BCUT2D eigenvalue weighted by atomic mass is 35.5. The average molecular weight is 645 g/mol. The maximum absolute atomic E-state index is 10.8. The molecule has 8 nitrogen and oxygen atoms in total. The van der Waals surface area contributed by atoms with Crippen molar-refractivity contribution >= 4 is 12.4 Å². The second-order valence-corrected chi connectivity index (χ2v) is 12.3. The van der Waals surface area contributed by atoms with Crippen molar-refractivity contribution in [3.63, 3.8) is 0 Å². The van der Waals surface area contributed by atoms with Gasteiger partial charge < -0.3 is 28.8 Å². The summed E-state index contributed by atoms with van der Waals surface area (Å²) in [6, 6.07) is 20.2. The van der Waals surface area contributed by atoms with Crippen LogP contribution >= 0.6 is 12.4 Å². The molecule has 3 heterocycles. The van der Waals surface area contributed by atoms with Crippen LogP contribution in [0.4, 0.5) is 0 Å². The number of phenolic OH excluding ortho intramolecular Hbond substituents is 1. The zero-order valence-corrected chi connectivity index (χ0v) is 27.8. The van der Waals surface area contributed by atoms with Crippen molar-refractivity contribution in [2.45, 2.75) is 37.8 Å². The van der Waals surface area contributed by atoms with Crippen molar-refractivity contribution in [1.29, 1.82) is 0 Å². The van der Waals surface area contributed by atoms with Crippen LogP contribution in [0.1, 0.15) is 45.5 Å². The van der Waals surface area contributed by atoms with Crippen molar-refractivity contribution in [2.75, 3.05) is 48.5 Å². The zero-order chi connectivity index (χ0) is 31.2. The van der Waals surface area contributed by atoms with Gasteiger partial charge in [0.1, 0.15) is 5.75 Å². The Morgan fingerprint density at radius 3 is 2.17 bits per heavy atom. The van der Waals surface area contributed by atoms with Gasteiger partial charge in [-0.3, -0.25) is 9.80 Å². The highest BCUT2D eigenvalue weighted by Gasteiger charge is 2.34. The number of methoxy groups -OCH3 is 3. The first-order chi connectivity index (χ1) is 21.9. The fourth-order valence-electron chi connectivity index (χ4n) is 7.16. The minimum absolute atomic E-state index is 0. The topological polar surface area (TPSA) is 72.9 Å². The number of aromatic hydroxyl groups is 1. The average Bonchev–Trinajstić information content (AvgIpc) is 3.04. The quantitative estimate of drug-likeness (QED) is 0.250. The van der Waals surface area contributed by atoms with Gasteiger partial charge in [0, 0.05) is 30.7 Å². The van der Waals surface area contributed by atoms with E-state index in [1.165, 1.54) is 11.1 Å². The Morgan fingerprint density at radius 2 is 1.41 bits per heavy atom. The Kier molecular flexibility index (Phi) is 8.97. The summed E-state index contributed by atoms with van der Waals surface area (Å²) in [7, 11) is 9.32. The summed E-state index contributed by atoms with van der Waals surface area (Å²) in [6.45, 7) is 1.81. The summed E-state index contributed by atoms with van der Waals surface area (Å²) >= 11 is 0. The predicted molar refractivity (Wildman–Crippen MR) is 180 cm³/mol. The van der Waals surface area contributed by atoms with Gasteiger partial charge in [-0.1, -0.05) is 18.2 Å². The molecule has 0 amide bonds. The lowest BCUT2D eigenvalue weighted by Gasteiger charge is -2.37. The first kappa shape index (κ1) is 31.9. The SMILES string of the molecule is COc1cc2c3cc1Oc1c(OC)c(OC)cc4c1C(Cc1ccc(O)c(c1)Oc1cccc(c1)CC3N(C)CC2)N(C)CC4.Cl. The van der Waals surface area contributed by atoms with E-state index >= 15 is 0 Å². The fourth-order valence-corrected chi connectivity index (χ4v) is 7.16. The summed E-state index contributed by atoms with van der Waals surface area (Å²) in [5.74, 6) is 4.39. The van der Waals surface area contributed by atoms with E-state index in [0.717, 1.165) is 54.6 Å². The number of hydrogen-bond acceptors (Lipinski definition) is 8. The van der Waals surface area contributed by atoms with E-state index < -0.39 is 0 Å². The van der Waals surface area contributed by atoms with E-state index in [1.54, 1.807) is 27.4 Å². The largest absolute Gasteiger partial charge is 0.504 e. The third-order valence-corrected chi connectivity index (χ3v) is 9.62. The predicted octanol–water partition coefficient (Wildman–Crippen LogP) is 7.28. The molecular formula is C37H41ClN2O6. The molecule has 0 aromatic heterocycles. The smallest absolute Gasteiger partial charge is 0.204 e. The van der Waals surface area contributed by atoms with Gasteiger partial charge in [0.2, 0.25) is 5.75 Å². The van der Waals surface area contributed by atoms with Gasteiger partial charge in [0.05, 0.1) is 21.3 Å². The van der Waals surface area contributed by atoms with Crippen LogP contribution in [0.15, 0.2) is 60.7 Å². The fraction of sp³-hybridized carbons (Fsp3) is 0.351. The lowest BCUT2D eigenvalue weighted by molar-refractivity contribution is 0.220. The van der Waals surface area contributed by atoms with Gasteiger partial charge >= 0.3 is 0 Å². The van der Waals surface area contributed by atoms with Crippen LogP contribution in [0, 0.1) is 0 Å². The molecule has 6 bridgehead atoms. The molecule has 242 valence electrons. The minimum atomic E-state index is -0.0394. The first-order valence-electron chi connectivity index (χ1n) is 15.5. The highest BCUT2D eigenvalue weighted by Crippen LogP contribution is 2.52. The number of rotatable bonds is 3. The molecule has 9 heteroatoms. The summed E-state index contributed by atoms with van der Waals surface area (Å²) < 4.78 is 31.1. The van der Waals surface area contributed by atoms with Crippen LogP contribution in [-0.4, -0.2) is 63.4 Å². The molecule has 3 aliphatic heterocycles. The molecule has 3 aliphatic rings. The number of nitrogens with zero attached hydrogens (tertiary/aromatic N) is 2. The van der Waals surface area contributed by atoms with Crippen molar-refractivity contribution in [3.8, 4) is 46.0 Å². The Bertz CT molecular complexity index is 1760. The van der Waals surface area contributed by atoms with Gasteiger partial charge in [0.15, 0.2) is 34.5 Å². The van der Waals surface area contributed by atoms with E-state index in [2.05, 4.69) is 54.2 Å². The maximum atomic E-state index is 10.8. The molecule has 2 atom stereocenters. The second-order valence-electron chi connectivity index (χ2n) is 12.3. The number of halogens is 1. The summed E-state index contributed by atoms with van der Waals surface area (Å²) in [6.07, 6.45) is 3.21. The normalized spacial score (nSPS) is 19.0. The van der Waals surface area contributed by atoms with Crippen LogP contribution in [0.5, 0.6) is 46.0 Å². The second kappa shape index (κ2) is 12.9. The molecule has 4 aromatic rings. The molecule has 0 spiro atoms. The van der Waals surface area contributed by atoms with E-state index in [9.17, 15) is 5.11 Å². The summed E-state index contributed by atoms with van der Waals surface area (Å²) in [5.41, 5.74) is 6.86. The molecule has 0 radical (unpaired) electrons. The zero-order valence-electron chi connectivity index (χ0n) is 27.0. The third kappa shape index (κ3) is 5.70. The van der Waals surface area contributed by atoms with Gasteiger partial charge in [0.25, 0.3) is 0 Å². The van der Waals surface area contributed by atoms with Crippen molar-refractivity contribution in [3.05, 3.63) is 94.0 Å².